The summed E-state index contributed by atoms with van der Waals surface area (Å²) < 4.78 is 2.89. The van der Waals surface area contributed by atoms with E-state index < -0.39 is 11.2 Å². The van der Waals surface area contributed by atoms with Crippen molar-refractivity contribution in [3.05, 3.63) is 123 Å². The molecule has 0 saturated heterocycles. The number of rotatable bonds is 3. The van der Waals surface area contributed by atoms with E-state index in [4.69, 9.17) is 11.6 Å². The topological polar surface area (TPSA) is 97.9 Å². The number of H-pyrrole nitrogens is 1. The van der Waals surface area contributed by atoms with Crippen LogP contribution >= 0.6 is 11.6 Å². The lowest BCUT2D eigenvalue weighted by molar-refractivity contribution is 0.902. The maximum atomic E-state index is 13.7. The van der Waals surface area contributed by atoms with Crippen LogP contribution in [0.3, 0.4) is 0 Å². The predicted octanol–water partition coefficient (Wildman–Crippen LogP) is 5.87. The molecule has 4 aromatic heterocycles. The van der Waals surface area contributed by atoms with E-state index in [1.54, 1.807) is 22.8 Å². The molecule has 1 N–H and O–H groups in total. The van der Waals surface area contributed by atoms with E-state index in [-0.39, 0.29) is 0 Å². The van der Waals surface area contributed by atoms with Crippen molar-refractivity contribution in [1.29, 1.82) is 0 Å². The van der Waals surface area contributed by atoms with Crippen molar-refractivity contribution >= 4 is 38.9 Å². The van der Waals surface area contributed by atoms with Crippen molar-refractivity contribution in [3.8, 4) is 27.9 Å². The minimum Gasteiger partial charge on any atom is -0.306 e. The van der Waals surface area contributed by atoms with Gasteiger partial charge < -0.3 is 4.98 Å². The molecule has 0 fully saturated rings. The Bertz CT molecular complexity index is 2260. The Kier molecular flexibility index (Phi) is 5.40. The minimum absolute atomic E-state index is 0.376. The monoisotopic (exact) mass is 544 g/mol. The summed E-state index contributed by atoms with van der Waals surface area (Å²) in [6, 6.07) is 18.6. The zero-order valence-corrected chi connectivity index (χ0v) is 22.3. The molecule has 3 aromatic carbocycles. The Hall–Kier alpha value is -5.08. The van der Waals surface area contributed by atoms with Crippen molar-refractivity contribution in [2.45, 2.75) is 13.8 Å². The molecule has 0 saturated carbocycles. The van der Waals surface area contributed by atoms with Crippen molar-refractivity contribution < 1.29 is 0 Å². The lowest BCUT2D eigenvalue weighted by Crippen LogP contribution is -2.33. The minimum atomic E-state index is -0.546. The number of nitrogens with zero attached hydrogens (tertiary/aromatic N) is 5. The molecule has 0 aliphatic carbocycles. The van der Waals surface area contributed by atoms with Crippen molar-refractivity contribution in [2.24, 2.45) is 0 Å². The summed E-state index contributed by atoms with van der Waals surface area (Å²) in [6.45, 7) is 4.07. The number of halogens is 1. The van der Waals surface area contributed by atoms with Crippen LogP contribution in [0.25, 0.3) is 55.3 Å². The van der Waals surface area contributed by atoms with Gasteiger partial charge in [0.2, 0.25) is 0 Å². The normalized spacial score (nSPS) is 11.6. The molecule has 4 heterocycles. The van der Waals surface area contributed by atoms with E-state index in [2.05, 4.69) is 20.1 Å². The Labute approximate surface area is 232 Å². The predicted molar refractivity (Wildman–Crippen MR) is 157 cm³/mol. The summed E-state index contributed by atoms with van der Waals surface area (Å²) in [4.78, 5) is 38.5. The van der Waals surface area contributed by atoms with Gasteiger partial charge in [0.15, 0.2) is 5.65 Å². The van der Waals surface area contributed by atoms with Crippen LogP contribution in [-0.2, 0) is 0 Å². The molecule has 0 aliphatic rings. The highest BCUT2D eigenvalue weighted by Gasteiger charge is 2.18. The van der Waals surface area contributed by atoms with Crippen LogP contribution in [-0.4, -0.2) is 29.1 Å². The maximum absolute atomic E-state index is 13.7. The third kappa shape index (κ3) is 3.57. The van der Waals surface area contributed by atoms with Gasteiger partial charge in [-0.1, -0.05) is 54.1 Å². The van der Waals surface area contributed by atoms with Crippen LogP contribution in [0.1, 0.15) is 11.1 Å². The van der Waals surface area contributed by atoms with Gasteiger partial charge in [-0.3, -0.25) is 9.78 Å². The number of benzene rings is 3. The third-order valence-electron chi connectivity index (χ3n) is 7.50. The van der Waals surface area contributed by atoms with Gasteiger partial charge in [-0.05, 0) is 54.3 Å². The largest absolute Gasteiger partial charge is 0.333 e. The lowest BCUT2D eigenvalue weighted by Gasteiger charge is -2.16. The molecule has 0 atom stereocenters. The number of nitrogens with one attached hydrogen (secondary N) is 1. The summed E-state index contributed by atoms with van der Waals surface area (Å²) in [5.41, 5.74) is 6.17. The first-order valence-electron chi connectivity index (χ1n) is 12.6. The van der Waals surface area contributed by atoms with Crippen molar-refractivity contribution in [2.75, 3.05) is 0 Å². The first-order valence-corrected chi connectivity index (χ1v) is 13.0. The van der Waals surface area contributed by atoms with Crippen LogP contribution in [0.2, 0.25) is 5.02 Å². The molecule has 8 nitrogen and oxygen atoms in total. The number of fused-ring (bicyclic) bond motifs is 3. The lowest BCUT2D eigenvalue weighted by atomic mass is 9.91. The summed E-state index contributed by atoms with van der Waals surface area (Å²) in [5, 5.41) is 6.85. The van der Waals surface area contributed by atoms with Gasteiger partial charge in [0.1, 0.15) is 6.33 Å². The van der Waals surface area contributed by atoms with E-state index in [9.17, 15) is 9.59 Å². The molecule has 40 heavy (non-hydrogen) atoms. The zero-order chi connectivity index (χ0) is 27.5. The molecule has 7 aromatic rings. The fourth-order valence-corrected chi connectivity index (χ4v) is 5.67. The molecule has 7 rings (SSSR count). The van der Waals surface area contributed by atoms with E-state index in [1.807, 2.05) is 68.6 Å². The van der Waals surface area contributed by atoms with Crippen LogP contribution in [0.15, 0.2) is 95.2 Å². The molecular formula is C31H21ClN6O2. The van der Waals surface area contributed by atoms with Crippen molar-refractivity contribution in [3.63, 3.8) is 0 Å². The Morgan fingerprint density at radius 1 is 0.875 bits per heavy atom. The molecule has 9 heteroatoms. The first-order chi connectivity index (χ1) is 19.4. The third-order valence-corrected chi connectivity index (χ3v) is 7.82. The zero-order valence-electron chi connectivity index (χ0n) is 21.5. The quantitative estimate of drug-likeness (QED) is 0.300. The second-order valence-electron chi connectivity index (χ2n) is 9.69. The van der Waals surface area contributed by atoms with Crippen LogP contribution in [0.4, 0.5) is 0 Å². The van der Waals surface area contributed by atoms with Gasteiger partial charge in [-0.2, -0.15) is 5.10 Å². The van der Waals surface area contributed by atoms with Gasteiger partial charge in [0, 0.05) is 39.3 Å². The van der Waals surface area contributed by atoms with Gasteiger partial charge in [0.25, 0.3) is 5.56 Å². The van der Waals surface area contributed by atoms with Crippen LogP contribution < -0.4 is 11.2 Å². The highest BCUT2D eigenvalue weighted by Crippen LogP contribution is 2.40. The van der Waals surface area contributed by atoms with E-state index >= 15 is 0 Å². The van der Waals surface area contributed by atoms with Crippen LogP contribution in [0.5, 0.6) is 0 Å². The van der Waals surface area contributed by atoms with Gasteiger partial charge >= 0.3 is 5.69 Å². The fraction of sp³-hybridized carbons (Fsp3) is 0.0645. The molecule has 194 valence electrons. The number of pyridine rings is 2. The molecule has 0 bridgehead atoms. The second kappa shape index (κ2) is 9.00. The molecule has 0 amide bonds. The van der Waals surface area contributed by atoms with E-state index in [0.29, 0.717) is 21.6 Å². The molecular weight excluding hydrogens is 524 g/mol. The number of hydrogen-bond donors (Lipinski definition) is 1. The molecule has 0 radical (unpaired) electrons. The number of aryl methyl sites for hydroxylation is 1. The Morgan fingerprint density at radius 2 is 1.73 bits per heavy atom. The summed E-state index contributed by atoms with van der Waals surface area (Å²) in [7, 11) is 0. The van der Waals surface area contributed by atoms with E-state index in [0.717, 1.165) is 54.4 Å². The summed E-state index contributed by atoms with van der Waals surface area (Å²) in [6.07, 6.45) is 6.71. The number of aromatic amines is 1. The average Bonchev–Trinajstić information content (AvgIpc) is 3.44. The standard InChI is InChI=1S/C31H21ClN6O2/c1-17-18(2)29-34-16-35-37(29)15-24(17)22-8-5-9-25(32)28(22)19-10-11-23-26(12-19)36-31(40)38(30(23)39)27-14-33-13-20-6-3-4-7-21(20)27/h3-16H,1-2H3,(H,36,40). The highest BCUT2D eigenvalue weighted by molar-refractivity contribution is 6.34. The van der Waals surface area contributed by atoms with Crippen LogP contribution in [0, 0.1) is 13.8 Å². The SMILES string of the molecule is Cc1c(-c2cccc(Cl)c2-c2ccc3c(=O)n(-c4cncc5ccccc45)c(=O)[nH]c3c2)cn2ncnc2c1C. The fourth-order valence-electron chi connectivity index (χ4n) is 5.39. The number of aromatic nitrogens is 6. The van der Waals surface area contributed by atoms with Crippen molar-refractivity contribution in [1.82, 2.24) is 29.1 Å². The van der Waals surface area contributed by atoms with Gasteiger partial charge in [0.05, 0.1) is 22.8 Å². The Balaban J connectivity index is 1.44. The average molecular weight is 545 g/mol. The molecule has 0 aliphatic heterocycles. The number of hydrogen-bond acceptors (Lipinski definition) is 5. The van der Waals surface area contributed by atoms with Gasteiger partial charge in [-0.25, -0.2) is 18.9 Å². The molecule has 0 spiro atoms. The maximum Gasteiger partial charge on any atom is 0.333 e. The smallest absolute Gasteiger partial charge is 0.306 e. The van der Waals surface area contributed by atoms with Gasteiger partial charge in [-0.15, -0.1) is 0 Å². The van der Waals surface area contributed by atoms with E-state index in [1.165, 1.54) is 12.5 Å². The summed E-state index contributed by atoms with van der Waals surface area (Å²) >= 11 is 6.80. The highest BCUT2D eigenvalue weighted by atomic mass is 35.5. The second-order valence-corrected chi connectivity index (χ2v) is 10.1. The first kappa shape index (κ1) is 24.0. The summed E-state index contributed by atoms with van der Waals surface area (Å²) in [5.74, 6) is 0. The molecule has 0 unspecified atom stereocenters. The Morgan fingerprint density at radius 3 is 2.60 bits per heavy atom.